The molecular formula is C20H18ClN3O2. The van der Waals surface area contributed by atoms with Gasteiger partial charge in [-0.1, -0.05) is 54.1 Å². The molecule has 1 N–H and O–H groups in total. The predicted molar refractivity (Wildman–Crippen MR) is 98.8 cm³/mol. The number of fused-ring (bicyclic) bond motifs is 1. The summed E-state index contributed by atoms with van der Waals surface area (Å²) in [5, 5.41) is 3.57. The highest BCUT2D eigenvalue weighted by molar-refractivity contribution is 6.30. The summed E-state index contributed by atoms with van der Waals surface area (Å²) in [6.45, 7) is 1.44. The molecule has 0 saturated carbocycles. The van der Waals surface area contributed by atoms with Crippen molar-refractivity contribution < 1.29 is 9.53 Å². The molecule has 2 heterocycles. The van der Waals surface area contributed by atoms with Crippen LogP contribution < -0.4 is 5.32 Å². The van der Waals surface area contributed by atoms with E-state index in [1.54, 1.807) is 18.5 Å². The van der Waals surface area contributed by atoms with Crippen molar-refractivity contribution in [3.63, 3.8) is 0 Å². The number of nitrogens with zero attached hydrogens (tertiary/aromatic N) is 2. The lowest BCUT2D eigenvalue weighted by atomic mass is 10.1. The van der Waals surface area contributed by atoms with Gasteiger partial charge >= 0.3 is 0 Å². The van der Waals surface area contributed by atoms with E-state index in [4.69, 9.17) is 16.3 Å². The van der Waals surface area contributed by atoms with Gasteiger partial charge in [0.2, 0.25) is 0 Å². The zero-order valence-electron chi connectivity index (χ0n) is 14.1. The van der Waals surface area contributed by atoms with E-state index in [0.717, 1.165) is 16.8 Å². The number of hydrogen-bond acceptors (Lipinski definition) is 3. The number of aromatic nitrogens is 2. The van der Waals surface area contributed by atoms with Crippen LogP contribution >= 0.6 is 11.6 Å². The summed E-state index contributed by atoms with van der Waals surface area (Å²) in [6.07, 6.45) is 1.69. The van der Waals surface area contributed by atoms with Crippen molar-refractivity contribution in [1.82, 2.24) is 14.9 Å². The van der Waals surface area contributed by atoms with Crippen molar-refractivity contribution in [2.45, 2.75) is 25.8 Å². The number of benzene rings is 2. The van der Waals surface area contributed by atoms with Crippen LogP contribution in [0.15, 0.2) is 60.9 Å². The highest BCUT2D eigenvalue weighted by Crippen LogP contribution is 2.27. The summed E-state index contributed by atoms with van der Waals surface area (Å²) >= 11 is 5.88. The molecule has 0 unspecified atom stereocenters. The Labute approximate surface area is 156 Å². The first kappa shape index (κ1) is 16.8. The van der Waals surface area contributed by atoms with Gasteiger partial charge in [0, 0.05) is 11.6 Å². The van der Waals surface area contributed by atoms with Crippen molar-refractivity contribution >= 4 is 17.5 Å². The number of carbonyl (C=O) groups excluding carboxylic acids is 1. The Morgan fingerprint density at radius 3 is 2.73 bits per heavy atom. The fraction of sp³-hybridized carbons (Fsp3) is 0.200. The Hall–Kier alpha value is -2.63. The lowest BCUT2D eigenvalue weighted by molar-refractivity contribution is 0.00257. The Balaban J connectivity index is 1.44. The van der Waals surface area contributed by atoms with Crippen LogP contribution in [-0.4, -0.2) is 15.5 Å². The fourth-order valence-electron chi connectivity index (χ4n) is 3.05. The smallest absolute Gasteiger partial charge is 0.272 e. The van der Waals surface area contributed by atoms with Crippen LogP contribution in [0, 0.1) is 0 Å². The molecule has 0 saturated heterocycles. The molecule has 132 valence electrons. The van der Waals surface area contributed by atoms with Crippen LogP contribution in [-0.2, 0) is 24.4 Å². The normalized spacial score (nSPS) is 16.1. The molecule has 0 aliphatic carbocycles. The number of halogens is 1. The maximum Gasteiger partial charge on any atom is 0.272 e. The quantitative estimate of drug-likeness (QED) is 0.764. The van der Waals surface area contributed by atoms with Gasteiger partial charge in [-0.2, -0.15) is 0 Å². The molecule has 0 bridgehead atoms. The van der Waals surface area contributed by atoms with Crippen LogP contribution in [0.2, 0.25) is 5.02 Å². The number of ether oxygens (including phenoxy) is 1. The van der Waals surface area contributed by atoms with Crippen LogP contribution in [0.4, 0.5) is 0 Å². The maximum absolute atomic E-state index is 12.5. The molecule has 26 heavy (non-hydrogen) atoms. The standard InChI is InChI=1S/C20H18ClN3O2/c21-16-8-6-14(7-9-16)10-22-20(25)19-17-12-26-18(11-24(17)13-23-19)15-4-2-1-3-5-15/h1-9,13,18H,10-12H2,(H,22,25)/t18-/m1/s1. The Morgan fingerprint density at radius 2 is 1.96 bits per heavy atom. The van der Waals surface area contributed by atoms with Crippen LogP contribution in [0.3, 0.4) is 0 Å². The first-order valence-corrected chi connectivity index (χ1v) is 8.81. The Kier molecular flexibility index (Phi) is 4.73. The second kappa shape index (κ2) is 7.32. The second-order valence-corrected chi connectivity index (χ2v) is 6.65. The number of rotatable bonds is 4. The second-order valence-electron chi connectivity index (χ2n) is 6.21. The van der Waals surface area contributed by atoms with Crippen LogP contribution in [0.1, 0.15) is 33.4 Å². The molecule has 4 rings (SSSR count). The summed E-state index contributed by atoms with van der Waals surface area (Å²) in [5.41, 5.74) is 3.34. The van der Waals surface area contributed by atoms with Crippen molar-refractivity contribution in [2.24, 2.45) is 0 Å². The van der Waals surface area contributed by atoms with Crippen molar-refractivity contribution in [3.8, 4) is 0 Å². The molecular weight excluding hydrogens is 350 g/mol. The summed E-state index contributed by atoms with van der Waals surface area (Å²) in [7, 11) is 0. The molecule has 6 heteroatoms. The lowest BCUT2D eigenvalue weighted by Crippen LogP contribution is -2.27. The highest BCUT2D eigenvalue weighted by Gasteiger charge is 2.26. The summed E-state index contributed by atoms with van der Waals surface area (Å²) in [6, 6.07) is 17.5. The van der Waals surface area contributed by atoms with E-state index < -0.39 is 0 Å². The van der Waals surface area contributed by atoms with E-state index in [1.165, 1.54) is 0 Å². The Bertz CT molecular complexity index is 907. The molecule has 1 aliphatic rings. The lowest BCUT2D eigenvalue weighted by Gasteiger charge is -2.25. The third-order valence-corrected chi connectivity index (χ3v) is 4.73. The monoisotopic (exact) mass is 367 g/mol. The number of hydrogen-bond donors (Lipinski definition) is 1. The molecule has 1 atom stereocenters. The van der Waals surface area contributed by atoms with Gasteiger partial charge in [-0.15, -0.1) is 0 Å². The highest BCUT2D eigenvalue weighted by atomic mass is 35.5. The molecule has 0 fully saturated rings. The van der Waals surface area contributed by atoms with E-state index in [-0.39, 0.29) is 12.0 Å². The topological polar surface area (TPSA) is 56.2 Å². The third kappa shape index (κ3) is 3.49. The summed E-state index contributed by atoms with van der Waals surface area (Å²) < 4.78 is 7.96. The zero-order valence-corrected chi connectivity index (χ0v) is 14.8. The van der Waals surface area contributed by atoms with Gasteiger partial charge in [-0.05, 0) is 23.3 Å². The van der Waals surface area contributed by atoms with E-state index >= 15 is 0 Å². The Morgan fingerprint density at radius 1 is 1.19 bits per heavy atom. The molecule has 1 aliphatic heterocycles. The van der Waals surface area contributed by atoms with Gasteiger partial charge in [0.1, 0.15) is 6.10 Å². The third-order valence-electron chi connectivity index (χ3n) is 4.48. The minimum Gasteiger partial charge on any atom is -0.365 e. The van der Waals surface area contributed by atoms with E-state index in [2.05, 4.69) is 10.3 Å². The van der Waals surface area contributed by atoms with E-state index in [1.807, 2.05) is 47.0 Å². The van der Waals surface area contributed by atoms with Crippen molar-refractivity contribution in [1.29, 1.82) is 0 Å². The molecule has 3 aromatic rings. The number of carbonyl (C=O) groups is 1. The van der Waals surface area contributed by atoms with Gasteiger partial charge in [-0.25, -0.2) is 4.98 Å². The number of amides is 1. The molecule has 1 amide bonds. The minimum atomic E-state index is -0.199. The molecule has 2 aromatic carbocycles. The first-order chi connectivity index (χ1) is 12.7. The molecule has 0 radical (unpaired) electrons. The average Bonchev–Trinajstić information content (AvgIpc) is 3.11. The van der Waals surface area contributed by atoms with Gasteiger partial charge in [-0.3, -0.25) is 4.79 Å². The SMILES string of the molecule is O=C(NCc1ccc(Cl)cc1)c1ncn2c1CO[C@@H](c1ccccc1)C2. The van der Waals surface area contributed by atoms with Crippen molar-refractivity contribution in [3.05, 3.63) is 88.5 Å². The minimum absolute atomic E-state index is 0.0251. The maximum atomic E-state index is 12.5. The van der Waals surface area contributed by atoms with Gasteiger partial charge in [0.25, 0.3) is 5.91 Å². The van der Waals surface area contributed by atoms with E-state index in [0.29, 0.717) is 30.4 Å². The summed E-state index contributed by atoms with van der Waals surface area (Å²) in [4.78, 5) is 16.8. The fourth-order valence-corrected chi connectivity index (χ4v) is 3.18. The van der Waals surface area contributed by atoms with Gasteiger partial charge in [0.05, 0.1) is 25.2 Å². The molecule has 0 spiro atoms. The van der Waals surface area contributed by atoms with Crippen molar-refractivity contribution in [2.75, 3.05) is 0 Å². The van der Waals surface area contributed by atoms with Crippen LogP contribution in [0.25, 0.3) is 0 Å². The predicted octanol–water partition coefficient (Wildman–Crippen LogP) is 3.74. The number of nitrogens with one attached hydrogen (secondary N) is 1. The van der Waals surface area contributed by atoms with E-state index in [9.17, 15) is 4.79 Å². The largest absolute Gasteiger partial charge is 0.365 e. The first-order valence-electron chi connectivity index (χ1n) is 8.44. The van der Waals surface area contributed by atoms with Gasteiger partial charge in [0.15, 0.2) is 5.69 Å². The average molecular weight is 368 g/mol. The summed E-state index contributed by atoms with van der Waals surface area (Å²) in [5.74, 6) is -0.199. The number of imidazole rings is 1. The van der Waals surface area contributed by atoms with Crippen LogP contribution in [0.5, 0.6) is 0 Å². The zero-order chi connectivity index (χ0) is 17.9. The van der Waals surface area contributed by atoms with Gasteiger partial charge < -0.3 is 14.6 Å². The molecule has 1 aromatic heterocycles. The molecule has 5 nitrogen and oxygen atoms in total.